The molecule has 2 saturated carbocycles. The van der Waals surface area contributed by atoms with Crippen molar-refractivity contribution in [2.45, 2.75) is 154 Å². The number of carbonyl (C=O) groups is 6. The number of pyridine rings is 3. The summed E-state index contributed by atoms with van der Waals surface area (Å²) >= 11 is 0. The van der Waals surface area contributed by atoms with E-state index in [-0.39, 0.29) is 101 Å². The van der Waals surface area contributed by atoms with E-state index >= 15 is 0 Å². The van der Waals surface area contributed by atoms with Crippen molar-refractivity contribution in [2.24, 2.45) is 0 Å². The zero-order valence-corrected chi connectivity index (χ0v) is 54.0. The zero-order valence-electron chi connectivity index (χ0n) is 54.0. The van der Waals surface area contributed by atoms with E-state index in [0.29, 0.717) is 81.4 Å². The Bertz CT molecular complexity index is 4480. The van der Waals surface area contributed by atoms with Crippen LogP contribution in [0.4, 0.5) is 43.8 Å². The van der Waals surface area contributed by atoms with Gasteiger partial charge in [0.25, 0.3) is 0 Å². The van der Waals surface area contributed by atoms with Gasteiger partial charge in [-0.05, 0) is 124 Å². The number of amides is 5. The average Bonchev–Trinajstić information content (AvgIpc) is 1.44. The van der Waals surface area contributed by atoms with Crippen LogP contribution >= 0.6 is 0 Å². The Hall–Kier alpha value is -10.9. The molecule has 14 rings (SSSR count). The topological polar surface area (TPSA) is 318 Å². The lowest BCUT2D eigenvalue weighted by atomic mass is 9.93. The fourth-order valence-electron chi connectivity index (χ4n) is 11.3. The van der Waals surface area contributed by atoms with E-state index in [4.69, 9.17) is 13.6 Å². The van der Waals surface area contributed by atoms with Crippen LogP contribution in [0.2, 0.25) is 0 Å². The summed E-state index contributed by atoms with van der Waals surface area (Å²) in [5.41, 5.74) is 5.25. The second-order valence-electron chi connectivity index (χ2n) is 26.8. The van der Waals surface area contributed by atoms with Crippen molar-refractivity contribution in [1.82, 2.24) is 56.0 Å². The van der Waals surface area contributed by atoms with E-state index in [9.17, 15) is 55.1 Å². The number of aromatic nitrogens is 9. The number of anilines is 3. The van der Waals surface area contributed by atoms with Crippen LogP contribution in [0.15, 0.2) is 105 Å². The molecule has 3 aromatic carbocycles. The Morgan fingerprint density at radius 2 is 1.01 bits per heavy atom. The third-order valence-electron chi connectivity index (χ3n) is 17.1. The molecule has 5 aliphatic rings. The second-order valence-corrected chi connectivity index (χ2v) is 26.8. The molecule has 9 heterocycles. The van der Waals surface area contributed by atoms with E-state index in [2.05, 4.69) is 84.1 Å². The van der Waals surface area contributed by atoms with Crippen molar-refractivity contribution in [1.29, 1.82) is 0 Å². The summed E-state index contributed by atoms with van der Waals surface area (Å²) in [4.78, 5) is 97.4. The van der Waals surface area contributed by atoms with E-state index in [1.807, 2.05) is 60.6 Å². The number of rotatable bonds is 15. The number of ketones is 1. The van der Waals surface area contributed by atoms with Crippen molar-refractivity contribution in [3.8, 4) is 33.4 Å². The van der Waals surface area contributed by atoms with E-state index in [1.165, 1.54) is 36.2 Å². The number of carbonyl (C=O) groups excluding carboxylic acids is 6. The Labute approximate surface area is 555 Å². The van der Waals surface area contributed by atoms with Crippen molar-refractivity contribution < 1.29 is 68.7 Å². The largest absolute Gasteiger partial charge is 0.416 e. The first-order valence-electron chi connectivity index (χ1n) is 31.4. The number of alkyl halides is 6. The fourth-order valence-corrected chi connectivity index (χ4v) is 11.3. The summed E-state index contributed by atoms with van der Waals surface area (Å²) in [5.74, 6) is 0.426. The van der Waals surface area contributed by atoms with Gasteiger partial charge in [-0.3, -0.25) is 28.8 Å². The lowest BCUT2D eigenvalue weighted by Crippen LogP contribution is -2.25. The summed E-state index contributed by atoms with van der Waals surface area (Å²) in [5, 5.41) is 24.7. The van der Waals surface area contributed by atoms with E-state index in [0.717, 1.165) is 60.1 Å². The van der Waals surface area contributed by atoms with Crippen LogP contribution < -0.4 is 26.6 Å². The van der Waals surface area contributed by atoms with Gasteiger partial charge in [0.1, 0.15) is 17.5 Å². The predicted octanol–water partition coefficient (Wildman–Crippen LogP) is 12.1. The first kappa shape index (κ1) is 67.1. The molecule has 0 unspecified atom stereocenters. The smallest absolute Gasteiger partial charge is 0.344 e. The first-order valence-corrected chi connectivity index (χ1v) is 31.4. The third kappa shape index (κ3) is 14.7. The molecule has 98 heavy (non-hydrogen) atoms. The fraction of sp³-hybridized carbons (Fsp3) is 0.348. The highest BCUT2D eigenvalue weighted by Crippen LogP contribution is 2.47. The van der Waals surface area contributed by atoms with Gasteiger partial charge in [0.05, 0.1) is 30.4 Å². The predicted molar refractivity (Wildman–Crippen MR) is 340 cm³/mol. The maximum Gasteiger partial charge on any atom is 0.416 e. The molecule has 2 aliphatic carbocycles. The Balaban J connectivity index is 0.000000140. The highest BCUT2D eigenvalue weighted by atomic mass is 19.4. The van der Waals surface area contributed by atoms with Crippen molar-refractivity contribution in [2.75, 3.05) is 16.0 Å². The van der Waals surface area contributed by atoms with Crippen LogP contribution in [-0.2, 0) is 81.8 Å². The molecular weight excluding hydrogens is 1280 g/mol. The molecule has 0 atom stereocenters. The number of nitrogens with one attached hydrogen (secondary N) is 5. The van der Waals surface area contributed by atoms with Gasteiger partial charge in [0, 0.05) is 71.0 Å². The third-order valence-corrected chi connectivity index (χ3v) is 17.1. The van der Waals surface area contributed by atoms with Gasteiger partial charge in [-0.2, -0.15) is 41.3 Å². The second kappa shape index (κ2) is 25.9. The molecule has 3 aliphatic heterocycles. The van der Waals surface area contributed by atoms with Gasteiger partial charge in [0.2, 0.25) is 35.2 Å². The normalized spacial score (nSPS) is 15.1. The number of aryl methyl sites for hydroxylation is 1. The van der Waals surface area contributed by atoms with Gasteiger partial charge in [-0.1, -0.05) is 106 Å². The molecule has 5 amide bonds. The highest BCUT2D eigenvalue weighted by Gasteiger charge is 2.44. The average molecular weight is 1350 g/mol. The standard InChI is InChI=1S/C24H25N5O3.C23H21F3N4O3.C22H18F3N5O3/c1-24(2,3)23-28-22(32-29-23)21(31)26-12-15-7-6-14(10-17(15)13-4-5-13)16-8-9-25-20-18(16)11-19(30)27-20;1-22(2,3)21-29-20(30-33-21)17(31)7-6-12-4-5-13(10-16(12)23(24,25)26)14-8-9-27-19-15(14)11-18(32)28-19;1-21(5-6-21)20-29-19(33-30-20)18(32)27-10-12-3-2-11(8-15(12)22(23,24)25)13-4-7-26-17-14(13)9-16(31)28-17/h6-10,13H,4-5,11-12H2,1-3H3,(H,26,31)(H,25,27,30);4-5,8-10H,6-7,11H2,1-3H3,(H,27,28,32);2-4,7-8H,5-6,9-10H2,1H3,(H,27,32)(H,26,28,31). The number of nitrogens with zero attached hydrogens (tertiary/aromatic N) is 9. The summed E-state index contributed by atoms with van der Waals surface area (Å²) in [6, 6.07) is 19.2. The van der Waals surface area contributed by atoms with Crippen molar-refractivity contribution >= 4 is 52.8 Å². The SMILES string of the molecule is CC(C)(C)c1nc(C(=O)CCc2ccc(-c3ccnc4c3CC(=O)N4)cc2C(F)(F)F)no1.CC(C)(C)c1noc(C(=O)NCc2ccc(-c3ccnc4c3CC(=O)N4)cc2C2CC2)n1.CC1(c2noc(C(=O)NCc3ccc(-c4ccnc5c4CC(=O)N5)cc3C(F)(F)F)n2)CC1. The number of Topliss-reactive ketones (excluding diaryl/α,β-unsaturated/α-hetero) is 1. The summed E-state index contributed by atoms with van der Waals surface area (Å²) < 4.78 is 98.3. The molecule has 2 fully saturated rings. The summed E-state index contributed by atoms with van der Waals surface area (Å²) in [6.07, 6.45) is -0.525. The maximum absolute atomic E-state index is 13.9. The first-order chi connectivity index (χ1) is 46.4. The summed E-state index contributed by atoms with van der Waals surface area (Å²) in [7, 11) is 0. The van der Waals surface area contributed by atoms with Gasteiger partial charge in [-0.15, -0.1) is 0 Å². The number of halogens is 6. The Kier molecular flexibility index (Phi) is 17.8. The number of fused-ring (bicyclic) bond motifs is 3. The quantitative estimate of drug-likeness (QED) is 0.0470. The highest BCUT2D eigenvalue weighted by molar-refractivity contribution is 6.02. The van der Waals surface area contributed by atoms with Gasteiger partial charge in [-0.25, -0.2) is 15.0 Å². The molecule has 506 valence electrons. The molecule has 6 aromatic heterocycles. The molecule has 0 radical (unpaired) electrons. The Morgan fingerprint density at radius 1 is 0.551 bits per heavy atom. The molecule has 23 nitrogen and oxygen atoms in total. The molecule has 9 aromatic rings. The monoisotopic (exact) mass is 1350 g/mol. The minimum Gasteiger partial charge on any atom is -0.344 e. The molecule has 0 bridgehead atoms. The molecule has 0 saturated heterocycles. The maximum atomic E-state index is 13.9. The molecule has 0 spiro atoms. The summed E-state index contributed by atoms with van der Waals surface area (Å²) in [6.45, 7) is 13.4. The van der Waals surface area contributed by atoms with Crippen LogP contribution in [0.25, 0.3) is 33.4 Å². The van der Waals surface area contributed by atoms with Crippen LogP contribution in [0.3, 0.4) is 0 Å². The minimum absolute atomic E-state index is 0.0148. The van der Waals surface area contributed by atoms with Crippen LogP contribution in [-0.4, -0.2) is 80.7 Å². The van der Waals surface area contributed by atoms with Gasteiger partial charge in [0.15, 0.2) is 11.6 Å². The number of benzene rings is 3. The van der Waals surface area contributed by atoms with Gasteiger partial charge < -0.3 is 40.2 Å². The minimum atomic E-state index is -4.65. The van der Waals surface area contributed by atoms with Crippen molar-refractivity contribution in [3.05, 3.63) is 177 Å². The Morgan fingerprint density at radius 3 is 1.47 bits per heavy atom. The zero-order chi connectivity index (χ0) is 69.8. The number of hydrogen-bond donors (Lipinski definition) is 5. The lowest BCUT2D eigenvalue weighted by molar-refractivity contribution is -0.139. The van der Waals surface area contributed by atoms with E-state index < -0.39 is 40.6 Å². The van der Waals surface area contributed by atoms with Crippen molar-refractivity contribution in [3.63, 3.8) is 0 Å². The van der Waals surface area contributed by atoms with E-state index in [1.54, 1.807) is 24.4 Å². The van der Waals surface area contributed by atoms with Crippen LogP contribution in [0.1, 0.15) is 186 Å². The lowest BCUT2D eigenvalue weighted by Gasteiger charge is -2.16. The molecule has 29 heteroatoms. The van der Waals surface area contributed by atoms with Crippen LogP contribution in [0, 0.1) is 0 Å². The molecular formula is C69H64F6N14O9. The van der Waals surface area contributed by atoms with Gasteiger partial charge >= 0.3 is 35.9 Å². The molecule has 5 N–H and O–H groups in total. The van der Waals surface area contributed by atoms with Crippen LogP contribution in [0.5, 0.6) is 0 Å². The number of hydrogen-bond acceptors (Lipinski definition) is 18.